The molecule has 6 nitrogen and oxygen atoms in total. The molecule has 1 amide bonds. The summed E-state index contributed by atoms with van der Waals surface area (Å²) in [4.78, 5) is 12.4. The normalized spacial score (nSPS) is 11.5. The first-order valence-corrected chi connectivity index (χ1v) is 9.87. The van der Waals surface area contributed by atoms with E-state index in [-0.39, 0.29) is 10.5 Å². The molecule has 0 aliphatic rings. The van der Waals surface area contributed by atoms with Crippen molar-refractivity contribution < 1.29 is 17.9 Å². The highest BCUT2D eigenvalue weighted by atomic mass is 35.5. The van der Waals surface area contributed by atoms with Crippen LogP contribution in [0.25, 0.3) is 0 Å². The van der Waals surface area contributed by atoms with Crippen molar-refractivity contribution in [2.45, 2.75) is 25.7 Å². The lowest BCUT2D eigenvalue weighted by Crippen LogP contribution is -2.17. The molecule has 0 aromatic heterocycles. The topological polar surface area (TPSA) is 98.5 Å². The number of aryl methyl sites for hydroxylation is 1. The molecule has 0 aliphatic heterocycles. The number of carbonyl (C=O) groups excluding carboxylic acids is 1. The van der Waals surface area contributed by atoms with Gasteiger partial charge in [-0.15, -0.1) is 0 Å². The standard InChI is InChI=1S/C18H21ClN2O4S/c1-11(2)10-25-17-7-5-13(8-16(17)19)21-18(22)15-9-14(26(20,23)24)6-4-12(15)3/h4-9,11H,10H2,1-3H3,(H,21,22)(H2,20,23,24). The van der Waals surface area contributed by atoms with E-state index in [0.717, 1.165) is 0 Å². The SMILES string of the molecule is Cc1ccc(S(N)(=O)=O)cc1C(=O)Nc1ccc(OCC(C)C)c(Cl)c1. The van der Waals surface area contributed by atoms with Crippen molar-refractivity contribution in [1.82, 2.24) is 0 Å². The molecule has 2 aromatic rings. The van der Waals surface area contributed by atoms with Gasteiger partial charge in [0.1, 0.15) is 5.75 Å². The number of halogens is 1. The number of nitrogens with one attached hydrogen (secondary N) is 1. The number of anilines is 1. The minimum atomic E-state index is -3.89. The van der Waals surface area contributed by atoms with E-state index in [9.17, 15) is 13.2 Å². The fourth-order valence-corrected chi connectivity index (χ4v) is 2.95. The van der Waals surface area contributed by atoms with Crippen LogP contribution in [0.4, 0.5) is 5.69 Å². The van der Waals surface area contributed by atoms with Crippen LogP contribution >= 0.6 is 11.6 Å². The van der Waals surface area contributed by atoms with Gasteiger partial charge in [-0.2, -0.15) is 0 Å². The number of sulfonamides is 1. The number of hydrogen-bond donors (Lipinski definition) is 2. The fraction of sp³-hybridized carbons (Fsp3) is 0.278. The molecule has 3 N–H and O–H groups in total. The van der Waals surface area contributed by atoms with Crippen molar-refractivity contribution in [2.24, 2.45) is 11.1 Å². The molecule has 0 saturated heterocycles. The first kappa shape index (κ1) is 20.2. The summed E-state index contributed by atoms with van der Waals surface area (Å²) in [5.74, 6) is 0.435. The smallest absolute Gasteiger partial charge is 0.255 e. The molecular formula is C18H21ClN2O4S. The van der Waals surface area contributed by atoms with Crippen molar-refractivity contribution in [3.8, 4) is 5.75 Å². The second-order valence-corrected chi connectivity index (χ2v) is 8.29. The number of rotatable bonds is 6. The molecule has 0 spiro atoms. The monoisotopic (exact) mass is 396 g/mol. The lowest BCUT2D eigenvalue weighted by molar-refractivity contribution is 0.102. The summed E-state index contributed by atoms with van der Waals surface area (Å²) in [6.07, 6.45) is 0. The lowest BCUT2D eigenvalue weighted by Gasteiger charge is -2.13. The zero-order valence-corrected chi connectivity index (χ0v) is 16.3. The molecule has 2 rings (SSSR count). The lowest BCUT2D eigenvalue weighted by atomic mass is 10.1. The number of amides is 1. The molecule has 0 radical (unpaired) electrons. The third-order valence-electron chi connectivity index (χ3n) is 3.54. The van der Waals surface area contributed by atoms with Gasteiger partial charge < -0.3 is 10.1 Å². The average molecular weight is 397 g/mol. The van der Waals surface area contributed by atoms with Crippen molar-refractivity contribution in [2.75, 3.05) is 11.9 Å². The average Bonchev–Trinajstić information content (AvgIpc) is 2.53. The van der Waals surface area contributed by atoms with Gasteiger partial charge in [0, 0.05) is 11.3 Å². The molecule has 0 fully saturated rings. The minimum Gasteiger partial charge on any atom is -0.492 e. The number of carbonyl (C=O) groups is 1. The number of primary sulfonamides is 1. The summed E-state index contributed by atoms with van der Waals surface area (Å²) in [6, 6.07) is 9.06. The Hall–Kier alpha value is -2.09. The fourth-order valence-electron chi connectivity index (χ4n) is 2.17. The van der Waals surface area contributed by atoms with E-state index in [1.165, 1.54) is 18.2 Å². The first-order valence-electron chi connectivity index (χ1n) is 7.95. The largest absolute Gasteiger partial charge is 0.492 e. The Labute approximate surface area is 158 Å². The summed E-state index contributed by atoms with van der Waals surface area (Å²) < 4.78 is 28.6. The third-order valence-corrected chi connectivity index (χ3v) is 4.75. The molecule has 0 heterocycles. The van der Waals surface area contributed by atoms with Crippen molar-refractivity contribution in [3.63, 3.8) is 0 Å². The van der Waals surface area contributed by atoms with Crippen LogP contribution in [-0.4, -0.2) is 20.9 Å². The Kier molecular flexibility index (Phi) is 6.28. The van der Waals surface area contributed by atoms with Crippen LogP contribution in [0.3, 0.4) is 0 Å². The zero-order chi connectivity index (χ0) is 19.5. The number of ether oxygens (including phenoxy) is 1. The summed E-state index contributed by atoms with van der Waals surface area (Å²) in [5.41, 5.74) is 1.31. The predicted octanol–water partition coefficient (Wildman–Crippen LogP) is 3.58. The Morgan fingerprint density at radius 1 is 1.23 bits per heavy atom. The third kappa shape index (κ3) is 5.20. The maximum absolute atomic E-state index is 12.5. The second-order valence-electron chi connectivity index (χ2n) is 6.33. The van der Waals surface area contributed by atoms with E-state index in [1.54, 1.807) is 25.1 Å². The first-order chi connectivity index (χ1) is 12.1. The van der Waals surface area contributed by atoms with Gasteiger partial charge in [-0.1, -0.05) is 31.5 Å². The minimum absolute atomic E-state index is 0.122. The molecule has 0 aliphatic carbocycles. The highest BCUT2D eigenvalue weighted by molar-refractivity contribution is 7.89. The Bertz CT molecular complexity index is 927. The quantitative estimate of drug-likeness (QED) is 0.779. The zero-order valence-electron chi connectivity index (χ0n) is 14.7. The summed E-state index contributed by atoms with van der Waals surface area (Å²) >= 11 is 6.19. The summed E-state index contributed by atoms with van der Waals surface area (Å²) in [5, 5.41) is 8.19. The molecule has 2 aromatic carbocycles. The van der Waals surface area contributed by atoms with E-state index in [0.29, 0.717) is 34.5 Å². The second kappa shape index (κ2) is 8.07. The van der Waals surface area contributed by atoms with Crippen LogP contribution in [0.2, 0.25) is 5.02 Å². The van der Waals surface area contributed by atoms with Gasteiger partial charge in [0.15, 0.2) is 0 Å². The van der Waals surface area contributed by atoms with E-state index >= 15 is 0 Å². The van der Waals surface area contributed by atoms with Crippen LogP contribution < -0.4 is 15.2 Å². The molecule has 8 heteroatoms. The Morgan fingerprint density at radius 2 is 1.92 bits per heavy atom. The molecular weight excluding hydrogens is 376 g/mol. The van der Waals surface area contributed by atoms with Crippen LogP contribution in [0.1, 0.15) is 29.8 Å². The summed E-state index contributed by atoms with van der Waals surface area (Å²) in [7, 11) is -3.89. The van der Waals surface area contributed by atoms with E-state index in [1.807, 2.05) is 13.8 Å². The van der Waals surface area contributed by atoms with Gasteiger partial charge >= 0.3 is 0 Å². The van der Waals surface area contributed by atoms with Crippen molar-refractivity contribution in [1.29, 1.82) is 0 Å². The van der Waals surface area contributed by atoms with Gasteiger partial charge in [-0.3, -0.25) is 4.79 Å². The van der Waals surface area contributed by atoms with Crippen molar-refractivity contribution in [3.05, 3.63) is 52.5 Å². The van der Waals surface area contributed by atoms with Gasteiger partial charge in [0.25, 0.3) is 5.91 Å². The maximum Gasteiger partial charge on any atom is 0.255 e. The molecule has 0 saturated carbocycles. The predicted molar refractivity (Wildman–Crippen MR) is 102 cm³/mol. The van der Waals surface area contributed by atoms with Gasteiger partial charge in [0.05, 0.1) is 16.5 Å². The number of benzene rings is 2. The molecule has 0 bridgehead atoms. The van der Waals surface area contributed by atoms with E-state index in [4.69, 9.17) is 21.5 Å². The highest BCUT2D eigenvalue weighted by Gasteiger charge is 2.15. The van der Waals surface area contributed by atoms with Gasteiger partial charge in [-0.25, -0.2) is 13.6 Å². The number of hydrogen-bond acceptors (Lipinski definition) is 4. The van der Waals surface area contributed by atoms with Gasteiger partial charge in [-0.05, 0) is 48.7 Å². The number of nitrogens with two attached hydrogens (primary N) is 1. The van der Waals surface area contributed by atoms with Crippen molar-refractivity contribution >= 4 is 33.2 Å². The Balaban J connectivity index is 2.21. The highest BCUT2D eigenvalue weighted by Crippen LogP contribution is 2.28. The van der Waals surface area contributed by atoms with Crippen LogP contribution in [0.15, 0.2) is 41.3 Å². The Morgan fingerprint density at radius 3 is 2.50 bits per heavy atom. The van der Waals surface area contributed by atoms with Crippen LogP contribution in [-0.2, 0) is 10.0 Å². The van der Waals surface area contributed by atoms with Gasteiger partial charge in [0.2, 0.25) is 10.0 Å². The van der Waals surface area contributed by atoms with E-state index in [2.05, 4.69) is 5.32 Å². The van der Waals surface area contributed by atoms with Crippen LogP contribution in [0.5, 0.6) is 5.75 Å². The molecule has 26 heavy (non-hydrogen) atoms. The maximum atomic E-state index is 12.5. The van der Waals surface area contributed by atoms with Crippen LogP contribution in [0, 0.1) is 12.8 Å². The molecule has 0 atom stereocenters. The van der Waals surface area contributed by atoms with E-state index < -0.39 is 15.9 Å². The summed E-state index contributed by atoms with van der Waals surface area (Å²) in [6.45, 7) is 6.30. The molecule has 140 valence electrons. The molecule has 0 unspecified atom stereocenters.